The third-order valence-corrected chi connectivity index (χ3v) is 9.41. The second-order valence-corrected chi connectivity index (χ2v) is 14.5. The van der Waals surface area contributed by atoms with Gasteiger partial charge in [0, 0.05) is 66.7 Å². The normalized spacial score (nSPS) is 33.4. The van der Waals surface area contributed by atoms with Crippen molar-refractivity contribution in [1.29, 1.82) is 0 Å². The van der Waals surface area contributed by atoms with Gasteiger partial charge in [-0.25, -0.2) is 0 Å². The molecule has 61 heavy (non-hydrogen) atoms. The summed E-state index contributed by atoms with van der Waals surface area (Å²) >= 11 is 1.87. The molecule has 3 heterocycles. The number of halogens is 1. The van der Waals surface area contributed by atoms with E-state index in [1.165, 1.54) is 0 Å². The summed E-state index contributed by atoms with van der Waals surface area (Å²) in [5, 5.41) is 10.8. The molecule has 25 heteroatoms. The number of carbonyl (C=O) groups excluding carboxylic acids is 9. The number of alkyl halides is 1. The van der Waals surface area contributed by atoms with Crippen LogP contribution in [-0.4, -0.2) is 169 Å². The lowest BCUT2D eigenvalue weighted by Gasteiger charge is -2.50. The maximum absolute atomic E-state index is 12.8. The van der Waals surface area contributed by atoms with Crippen LogP contribution in [0, 0.1) is 0 Å². The van der Waals surface area contributed by atoms with E-state index < -0.39 is 159 Å². The summed E-state index contributed by atoms with van der Waals surface area (Å²) < 4.78 is 79.5. The number of ether oxygens (including phenoxy) is 14. The standard InChI is InChI=1S/C36H49IO24/c1-13(38)48-11-23-26(50-15(3)40)29(52-17(5)42)32(55-20(8)45)36(58-23)61-27-24(12-49-14(2)39)59-35(33(56-21(9)46)30(27)53-18(6)43)60-25-22(10-37)57-34(47)31(54-19(7)44)28(25)51-16(4)41/h22-36,47H,10-12H2,1-9H3/t22-,23-,24-,25-,26-,27-,28+,29+,30+,31-,32-,33-,34-,35-,36-/m1/s1. The first kappa shape index (κ1) is 51.1. The average Bonchev–Trinajstić information content (AvgIpc) is 3.12. The van der Waals surface area contributed by atoms with Crippen LogP contribution in [0.4, 0.5) is 0 Å². The molecule has 15 atom stereocenters. The van der Waals surface area contributed by atoms with E-state index in [1.54, 1.807) is 0 Å². The van der Waals surface area contributed by atoms with Gasteiger partial charge in [-0.2, -0.15) is 0 Å². The molecule has 0 aromatic rings. The monoisotopic (exact) mass is 992 g/mol. The third kappa shape index (κ3) is 14.9. The van der Waals surface area contributed by atoms with Crippen LogP contribution in [0.2, 0.25) is 0 Å². The molecule has 1 N–H and O–H groups in total. The predicted molar refractivity (Wildman–Crippen MR) is 199 cm³/mol. The minimum Gasteiger partial charge on any atom is -0.463 e. The zero-order valence-electron chi connectivity index (χ0n) is 34.5. The van der Waals surface area contributed by atoms with Gasteiger partial charge in [-0.1, -0.05) is 22.6 Å². The highest BCUT2D eigenvalue weighted by atomic mass is 127. The van der Waals surface area contributed by atoms with Crippen LogP contribution in [0.1, 0.15) is 62.3 Å². The molecule has 0 aromatic carbocycles. The van der Waals surface area contributed by atoms with Crippen LogP contribution in [0.15, 0.2) is 0 Å². The quantitative estimate of drug-likeness (QED) is 0.0840. The number of rotatable bonds is 16. The van der Waals surface area contributed by atoms with E-state index in [0.717, 1.165) is 62.3 Å². The van der Waals surface area contributed by atoms with Gasteiger partial charge >= 0.3 is 53.7 Å². The molecule has 3 aliphatic heterocycles. The SMILES string of the molecule is CC(=O)OC[C@H]1O[C@H](O[C@H]2[C@H](OC(C)=O)[C@@H](OC(C)=O)[C@@H](O[C@H]3[C@H](OC(C)=O)[C@@H](OC(C)=O)[C@H](O)O[C@@H]3CI)O[C@@H]2COC(C)=O)[C@H](OC(C)=O)[C@@H](OC(C)=O)[C@@H]1OC(C)=O. The van der Waals surface area contributed by atoms with Crippen molar-refractivity contribution in [3.63, 3.8) is 0 Å². The number of esters is 9. The Morgan fingerprint density at radius 2 is 0.689 bits per heavy atom. The molecular formula is C36H49IO24. The zero-order valence-corrected chi connectivity index (χ0v) is 36.7. The number of aliphatic hydroxyl groups is 1. The summed E-state index contributed by atoms with van der Waals surface area (Å²) in [7, 11) is 0. The van der Waals surface area contributed by atoms with Crippen LogP contribution in [0.25, 0.3) is 0 Å². The lowest BCUT2D eigenvalue weighted by Crippen LogP contribution is -2.68. The van der Waals surface area contributed by atoms with E-state index in [-0.39, 0.29) is 4.43 Å². The molecule has 0 spiro atoms. The molecule has 0 amide bonds. The van der Waals surface area contributed by atoms with Crippen molar-refractivity contribution in [3.05, 3.63) is 0 Å². The predicted octanol–water partition coefficient (Wildman–Crippen LogP) is -0.993. The molecule has 3 saturated heterocycles. The summed E-state index contributed by atoms with van der Waals surface area (Å²) in [4.78, 5) is 111. The van der Waals surface area contributed by atoms with Crippen molar-refractivity contribution in [1.82, 2.24) is 0 Å². The molecule has 3 rings (SSSR count). The minimum atomic E-state index is -1.93. The van der Waals surface area contributed by atoms with Crippen molar-refractivity contribution >= 4 is 76.3 Å². The molecule has 3 aliphatic rings. The summed E-state index contributed by atoms with van der Waals surface area (Å²) in [6.45, 7) is 7.73. The van der Waals surface area contributed by atoms with E-state index in [9.17, 15) is 48.3 Å². The van der Waals surface area contributed by atoms with Gasteiger partial charge in [0.2, 0.25) is 0 Å². The van der Waals surface area contributed by atoms with Crippen molar-refractivity contribution in [2.45, 2.75) is 154 Å². The van der Waals surface area contributed by atoms with Gasteiger partial charge in [0.1, 0.15) is 37.6 Å². The number of hydrogen-bond acceptors (Lipinski definition) is 24. The van der Waals surface area contributed by atoms with Crippen molar-refractivity contribution in [2.24, 2.45) is 0 Å². The molecule has 0 radical (unpaired) electrons. The van der Waals surface area contributed by atoms with E-state index in [2.05, 4.69) is 0 Å². The van der Waals surface area contributed by atoms with E-state index in [1.807, 2.05) is 22.6 Å². The molecule has 0 aromatic heterocycles. The Bertz CT molecular complexity index is 1620. The third-order valence-electron chi connectivity index (χ3n) is 8.54. The van der Waals surface area contributed by atoms with Crippen molar-refractivity contribution in [3.8, 4) is 0 Å². The van der Waals surface area contributed by atoms with Gasteiger partial charge in [0.15, 0.2) is 61.6 Å². The highest BCUT2D eigenvalue weighted by Gasteiger charge is 2.59. The van der Waals surface area contributed by atoms with E-state index in [4.69, 9.17) is 66.3 Å². The molecule has 24 nitrogen and oxygen atoms in total. The number of carbonyl (C=O) groups is 9. The smallest absolute Gasteiger partial charge is 0.303 e. The van der Waals surface area contributed by atoms with Crippen LogP contribution < -0.4 is 0 Å². The number of hydrogen-bond donors (Lipinski definition) is 1. The van der Waals surface area contributed by atoms with Gasteiger partial charge in [0.25, 0.3) is 0 Å². The maximum atomic E-state index is 12.8. The summed E-state index contributed by atoms with van der Waals surface area (Å²) in [5.74, 6) is -8.33. The molecular weight excluding hydrogens is 943 g/mol. The Morgan fingerprint density at radius 1 is 0.393 bits per heavy atom. The minimum absolute atomic E-state index is 0.0356. The van der Waals surface area contributed by atoms with Crippen LogP contribution >= 0.6 is 22.6 Å². The van der Waals surface area contributed by atoms with Crippen LogP contribution in [0.3, 0.4) is 0 Å². The van der Waals surface area contributed by atoms with Crippen LogP contribution in [-0.2, 0) is 109 Å². The second kappa shape index (κ2) is 23.2. The molecule has 344 valence electrons. The first-order valence-electron chi connectivity index (χ1n) is 18.5. The van der Waals surface area contributed by atoms with E-state index in [0.29, 0.717) is 0 Å². The Balaban J connectivity index is 2.24. The molecule has 3 fully saturated rings. The maximum Gasteiger partial charge on any atom is 0.303 e. The Labute approximate surface area is 362 Å². The zero-order chi connectivity index (χ0) is 45.9. The first-order valence-corrected chi connectivity index (χ1v) is 20.0. The van der Waals surface area contributed by atoms with Gasteiger partial charge < -0.3 is 71.4 Å². The lowest BCUT2D eigenvalue weighted by molar-refractivity contribution is -0.376. The second-order valence-electron chi connectivity index (χ2n) is 13.6. The number of aliphatic hydroxyl groups excluding tert-OH is 1. The molecule has 0 saturated carbocycles. The highest BCUT2D eigenvalue weighted by molar-refractivity contribution is 14.1. The highest BCUT2D eigenvalue weighted by Crippen LogP contribution is 2.38. The summed E-state index contributed by atoms with van der Waals surface area (Å²) in [6, 6.07) is 0. The fourth-order valence-corrected chi connectivity index (χ4v) is 7.27. The van der Waals surface area contributed by atoms with Gasteiger partial charge in [-0.3, -0.25) is 43.2 Å². The molecule has 0 aliphatic carbocycles. The van der Waals surface area contributed by atoms with Gasteiger partial charge in [-0.05, 0) is 0 Å². The fourth-order valence-electron chi connectivity index (χ4n) is 6.56. The van der Waals surface area contributed by atoms with Crippen molar-refractivity contribution in [2.75, 3.05) is 17.6 Å². The molecule has 0 unspecified atom stereocenters. The Kier molecular flexibility index (Phi) is 19.5. The largest absolute Gasteiger partial charge is 0.463 e. The molecule has 0 bridgehead atoms. The summed E-state index contributed by atoms with van der Waals surface area (Å²) in [5.41, 5.74) is 0. The van der Waals surface area contributed by atoms with Crippen LogP contribution in [0.5, 0.6) is 0 Å². The fraction of sp³-hybridized carbons (Fsp3) is 0.750. The Morgan fingerprint density at radius 3 is 1.05 bits per heavy atom. The average molecular weight is 993 g/mol. The first-order chi connectivity index (χ1) is 28.5. The van der Waals surface area contributed by atoms with Gasteiger partial charge in [0.05, 0.1) is 6.10 Å². The van der Waals surface area contributed by atoms with E-state index >= 15 is 0 Å². The van der Waals surface area contributed by atoms with Gasteiger partial charge in [-0.15, -0.1) is 0 Å². The topological polar surface area (TPSA) is 303 Å². The van der Waals surface area contributed by atoms with Crippen molar-refractivity contribution < 1.29 is 115 Å². The summed E-state index contributed by atoms with van der Waals surface area (Å²) in [6.07, 6.45) is -25.3. The Hall–Kier alpha value is -4.28. The lowest BCUT2D eigenvalue weighted by atomic mass is 9.95.